The lowest BCUT2D eigenvalue weighted by atomic mass is 9.99. The predicted molar refractivity (Wildman–Crippen MR) is 82.7 cm³/mol. The van der Waals surface area contributed by atoms with E-state index in [1.54, 1.807) is 43.3 Å². The monoisotopic (exact) mass is 334 g/mol. The average Bonchev–Trinajstić information content (AvgIpc) is 3.12. The molecule has 2 atom stereocenters. The number of aliphatic hydroxyl groups excluding tert-OH is 1. The number of hydrogen-bond donors (Lipinski definition) is 2. The Labute approximate surface area is 137 Å². The highest BCUT2D eigenvalue weighted by atomic mass is 35.5. The van der Waals surface area contributed by atoms with E-state index >= 15 is 0 Å². The maximum Gasteiger partial charge on any atom is 0.325 e. The summed E-state index contributed by atoms with van der Waals surface area (Å²) in [7, 11) is 0. The van der Waals surface area contributed by atoms with Crippen LogP contribution in [-0.2, 0) is 10.3 Å². The number of hydrogen-bond acceptors (Lipinski definition) is 4. The van der Waals surface area contributed by atoms with Gasteiger partial charge in [0.2, 0.25) is 0 Å². The molecule has 0 spiro atoms. The summed E-state index contributed by atoms with van der Waals surface area (Å²) < 4.78 is 5.25. The summed E-state index contributed by atoms with van der Waals surface area (Å²) in [6.45, 7) is 1.37. The molecule has 0 bridgehead atoms. The molecule has 0 unspecified atom stereocenters. The van der Waals surface area contributed by atoms with E-state index in [-0.39, 0.29) is 6.54 Å². The number of furan rings is 1. The molecule has 1 aromatic heterocycles. The van der Waals surface area contributed by atoms with Gasteiger partial charge in [0.05, 0.1) is 18.9 Å². The number of imide groups is 1. The molecular formula is C16H15ClN2O4. The van der Waals surface area contributed by atoms with Gasteiger partial charge in [-0.1, -0.05) is 29.8 Å². The van der Waals surface area contributed by atoms with E-state index in [0.29, 0.717) is 16.3 Å². The lowest BCUT2D eigenvalue weighted by Crippen LogP contribution is -2.41. The number of carbonyl (C=O) groups is 2. The second-order valence-corrected chi connectivity index (χ2v) is 5.89. The SMILES string of the molecule is C[C@@]1(c2ccco2)NC(=O)N(C[C@@H](O)c2ccccc2Cl)C1=O. The Kier molecular flexibility index (Phi) is 3.87. The molecule has 0 aliphatic carbocycles. The van der Waals surface area contributed by atoms with E-state index in [0.717, 1.165) is 4.90 Å². The van der Waals surface area contributed by atoms with Crippen molar-refractivity contribution in [1.82, 2.24) is 10.2 Å². The van der Waals surface area contributed by atoms with Crippen molar-refractivity contribution in [2.75, 3.05) is 6.54 Å². The summed E-state index contributed by atoms with van der Waals surface area (Å²) in [4.78, 5) is 25.8. The molecule has 1 saturated heterocycles. The zero-order valence-corrected chi connectivity index (χ0v) is 13.1. The van der Waals surface area contributed by atoms with Gasteiger partial charge >= 0.3 is 6.03 Å². The van der Waals surface area contributed by atoms with E-state index < -0.39 is 23.6 Å². The number of halogens is 1. The molecule has 120 valence electrons. The molecule has 2 aromatic rings. The number of nitrogens with zero attached hydrogens (tertiary/aromatic N) is 1. The number of benzene rings is 1. The van der Waals surface area contributed by atoms with Crippen molar-refractivity contribution >= 4 is 23.5 Å². The molecule has 2 heterocycles. The summed E-state index contributed by atoms with van der Waals surface area (Å²) in [5, 5.41) is 13.3. The van der Waals surface area contributed by atoms with Crippen LogP contribution in [0.4, 0.5) is 4.79 Å². The van der Waals surface area contributed by atoms with Gasteiger partial charge in [0.1, 0.15) is 5.76 Å². The Balaban J connectivity index is 1.83. The lowest BCUT2D eigenvalue weighted by Gasteiger charge is -2.21. The normalized spacial score (nSPS) is 22.3. The number of rotatable bonds is 4. The van der Waals surface area contributed by atoms with Crippen molar-refractivity contribution in [3.05, 3.63) is 59.0 Å². The molecule has 2 N–H and O–H groups in total. The van der Waals surface area contributed by atoms with Crippen LogP contribution in [0.5, 0.6) is 0 Å². The van der Waals surface area contributed by atoms with Crippen LogP contribution in [0.1, 0.15) is 24.4 Å². The highest BCUT2D eigenvalue weighted by molar-refractivity contribution is 6.31. The Bertz CT molecular complexity index is 746. The summed E-state index contributed by atoms with van der Waals surface area (Å²) in [5.74, 6) is -0.144. The first kappa shape index (κ1) is 15.6. The maximum absolute atomic E-state index is 12.6. The number of aliphatic hydroxyl groups is 1. The van der Waals surface area contributed by atoms with Crippen molar-refractivity contribution in [2.45, 2.75) is 18.6 Å². The number of urea groups is 1. The number of β-amino-alcohol motifs (C(OH)–C–C–N with tert-alkyl or cyclic N) is 1. The van der Waals surface area contributed by atoms with Gasteiger partial charge in [-0.3, -0.25) is 9.69 Å². The number of nitrogens with one attached hydrogen (secondary N) is 1. The zero-order chi connectivity index (χ0) is 16.6. The minimum Gasteiger partial charge on any atom is -0.466 e. The third-order valence-corrected chi connectivity index (χ3v) is 4.25. The Hall–Kier alpha value is -2.31. The van der Waals surface area contributed by atoms with E-state index in [9.17, 15) is 14.7 Å². The van der Waals surface area contributed by atoms with Crippen molar-refractivity contribution < 1.29 is 19.1 Å². The zero-order valence-electron chi connectivity index (χ0n) is 12.3. The summed E-state index contributed by atoms with van der Waals surface area (Å²) in [6, 6.07) is 9.42. The standard InChI is InChI=1S/C16H15ClN2O4/c1-16(13-7-4-8-23-13)14(21)19(15(22)18-16)9-12(20)10-5-2-3-6-11(10)17/h2-8,12,20H,9H2,1H3,(H,18,22)/t12-,16+/m1/s1. The van der Waals surface area contributed by atoms with Gasteiger partial charge in [0, 0.05) is 10.6 Å². The third-order valence-electron chi connectivity index (χ3n) is 3.91. The molecule has 23 heavy (non-hydrogen) atoms. The first-order valence-corrected chi connectivity index (χ1v) is 7.42. The molecule has 3 amide bonds. The van der Waals surface area contributed by atoms with E-state index in [2.05, 4.69) is 5.32 Å². The van der Waals surface area contributed by atoms with Crippen LogP contribution in [0.25, 0.3) is 0 Å². The number of carbonyl (C=O) groups excluding carboxylic acids is 2. The summed E-state index contributed by atoms with van der Waals surface area (Å²) in [6.07, 6.45) is 0.360. The minimum absolute atomic E-state index is 0.190. The molecule has 3 rings (SSSR count). The average molecular weight is 335 g/mol. The van der Waals surface area contributed by atoms with Crippen LogP contribution in [0, 0.1) is 0 Å². The van der Waals surface area contributed by atoms with Crippen LogP contribution in [0.3, 0.4) is 0 Å². The number of amides is 3. The van der Waals surface area contributed by atoms with Gasteiger partial charge in [-0.2, -0.15) is 0 Å². The van der Waals surface area contributed by atoms with E-state index in [1.165, 1.54) is 6.26 Å². The smallest absolute Gasteiger partial charge is 0.325 e. The first-order valence-electron chi connectivity index (χ1n) is 7.04. The van der Waals surface area contributed by atoms with Crippen molar-refractivity contribution in [3.63, 3.8) is 0 Å². The fraction of sp³-hybridized carbons (Fsp3) is 0.250. The Morgan fingerprint density at radius 2 is 2.04 bits per heavy atom. The van der Waals surface area contributed by atoms with Crippen molar-refractivity contribution in [1.29, 1.82) is 0 Å². The molecule has 1 aromatic carbocycles. The van der Waals surface area contributed by atoms with Gasteiger partial charge in [-0.05, 0) is 25.1 Å². The largest absolute Gasteiger partial charge is 0.466 e. The third kappa shape index (κ3) is 2.60. The Morgan fingerprint density at radius 1 is 1.30 bits per heavy atom. The highest BCUT2D eigenvalue weighted by Gasteiger charge is 2.51. The molecule has 7 heteroatoms. The summed E-state index contributed by atoms with van der Waals surface area (Å²) >= 11 is 6.04. The molecule has 0 saturated carbocycles. The van der Waals surface area contributed by atoms with Gasteiger partial charge in [0.15, 0.2) is 5.54 Å². The van der Waals surface area contributed by atoms with Gasteiger partial charge < -0.3 is 14.8 Å². The molecule has 6 nitrogen and oxygen atoms in total. The predicted octanol–water partition coefficient (Wildman–Crippen LogP) is 2.43. The van der Waals surface area contributed by atoms with Crippen LogP contribution in [0.2, 0.25) is 5.02 Å². The fourth-order valence-corrected chi connectivity index (χ4v) is 2.87. The maximum atomic E-state index is 12.6. The molecule has 1 aliphatic rings. The topological polar surface area (TPSA) is 82.8 Å². The van der Waals surface area contributed by atoms with Gasteiger partial charge in [-0.15, -0.1) is 0 Å². The van der Waals surface area contributed by atoms with Crippen LogP contribution >= 0.6 is 11.6 Å². The summed E-state index contributed by atoms with van der Waals surface area (Å²) in [5.41, 5.74) is -0.817. The second kappa shape index (κ2) is 5.72. The van der Waals surface area contributed by atoms with Crippen molar-refractivity contribution in [3.8, 4) is 0 Å². The van der Waals surface area contributed by atoms with Crippen LogP contribution < -0.4 is 5.32 Å². The molecule has 1 fully saturated rings. The first-order chi connectivity index (χ1) is 10.9. The quantitative estimate of drug-likeness (QED) is 0.841. The lowest BCUT2D eigenvalue weighted by molar-refractivity contribution is -0.132. The van der Waals surface area contributed by atoms with Crippen LogP contribution in [-0.4, -0.2) is 28.5 Å². The van der Waals surface area contributed by atoms with E-state index in [4.69, 9.17) is 16.0 Å². The van der Waals surface area contributed by atoms with Crippen LogP contribution in [0.15, 0.2) is 47.1 Å². The van der Waals surface area contributed by atoms with Gasteiger partial charge in [-0.25, -0.2) is 4.79 Å². The molecule has 0 radical (unpaired) electrons. The second-order valence-electron chi connectivity index (χ2n) is 5.49. The Morgan fingerprint density at radius 3 is 2.70 bits per heavy atom. The van der Waals surface area contributed by atoms with E-state index in [1.807, 2.05) is 0 Å². The van der Waals surface area contributed by atoms with Gasteiger partial charge in [0.25, 0.3) is 5.91 Å². The molecule has 1 aliphatic heterocycles. The minimum atomic E-state index is -1.28. The van der Waals surface area contributed by atoms with Crippen molar-refractivity contribution in [2.24, 2.45) is 0 Å². The fourth-order valence-electron chi connectivity index (χ4n) is 2.61. The molecular weight excluding hydrogens is 320 g/mol. The highest BCUT2D eigenvalue weighted by Crippen LogP contribution is 2.31.